The molecule has 0 amide bonds. The van der Waals surface area contributed by atoms with Gasteiger partial charge in [0.2, 0.25) is 0 Å². The molecule has 28 heavy (non-hydrogen) atoms. The van der Waals surface area contributed by atoms with E-state index in [2.05, 4.69) is 91.1 Å². The van der Waals surface area contributed by atoms with Crippen LogP contribution in [-0.4, -0.2) is 32.7 Å². The van der Waals surface area contributed by atoms with Gasteiger partial charge >= 0.3 is 0 Å². The molecule has 0 saturated heterocycles. The first-order chi connectivity index (χ1) is 13.4. The summed E-state index contributed by atoms with van der Waals surface area (Å²) in [5, 5.41) is 0. The maximum absolute atomic E-state index is 5.28. The molecule has 2 rings (SSSR count). The molecule has 3 heteroatoms. The van der Waals surface area contributed by atoms with Gasteiger partial charge in [0.1, 0.15) is 13.8 Å². The Balaban J connectivity index is 2.13. The highest BCUT2D eigenvalue weighted by molar-refractivity contribution is 6.83. The summed E-state index contributed by atoms with van der Waals surface area (Å²) in [6.45, 7) is 12.8. The van der Waals surface area contributed by atoms with Crippen LogP contribution in [0, 0.1) is 11.5 Å². The molecule has 0 radical (unpaired) electrons. The Morgan fingerprint density at radius 3 is 2.29 bits per heavy atom. The van der Waals surface area contributed by atoms with Gasteiger partial charge in [0.25, 0.3) is 0 Å². The van der Waals surface area contributed by atoms with E-state index >= 15 is 0 Å². The zero-order valence-electron chi connectivity index (χ0n) is 17.7. The number of benzene rings is 2. The van der Waals surface area contributed by atoms with Crippen LogP contribution in [0.5, 0.6) is 5.75 Å². The second-order valence-electron chi connectivity index (χ2n) is 8.11. The summed E-state index contributed by atoms with van der Waals surface area (Å²) < 4.78 is 5.28. The number of hydrogen-bond acceptors (Lipinski definition) is 2. The molecule has 2 aromatic rings. The van der Waals surface area contributed by atoms with E-state index in [1.165, 1.54) is 11.1 Å². The normalized spacial score (nSPS) is 12.2. The molecule has 0 aliphatic rings. The number of nitrogens with zero attached hydrogens (tertiary/aromatic N) is 1. The third kappa shape index (κ3) is 7.76. The van der Waals surface area contributed by atoms with Gasteiger partial charge < -0.3 is 4.74 Å². The minimum atomic E-state index is -1.32. The van der Waals surface area contributed by atoms with Crippen LogP contribution in [0.2, 0.25) is 19.6 Å². The van der Waals surface area contributed by atoms with Crippen LogP contribution in [0.3, 0.4) is 0 Å². The predicted octanol–water partition coefficient (Wildman–Crippen LogP) is 5.57. The van der Waals surface area contributed by atoms with Crippen LogP contribution >= 0.6 is 0 Å². The zero-order chi connectivity index (χ0) is 20.4. The summed E-state index contributed by atoms with van der Waals surface area (Å²) in [5.74, 6) is 4.31. The first kappa shape index (κ1) is 22.0. The van der Waals surface area contributed by atoms with E-state index in [1.54, 1.807) is 7.11 Å². The molecule has 2 nitrogen and oxygen atoms in total. The Morgan fingerprint density at radius 2 is 1.71 bits per heavy atom. The van der Waals surface area contributed by atoms with E-state index < -0.39 is 8.07 Å². The molecular weight excluding hydrogens is 358 g/mol. The molecule has 0 spiro atoms. The van der Waals surface area contributed by atoms with Gasteiger partial charge in [0, 0.05) is 25.6 Å². The summed E-state index contributed by atoms with van der Waals surface area (Å²) in [7, 11) is 0.379. The molecule has 0 saturated carbocycles. The molecule has 0 unspecified atom stereocenters. The summed E-state index contributed by atoms with van der Waals surface area (Å²) in [5.41, 5.74) is 6.09. The van der Waals surface area contributed by atoms with Crippen LogP contribution in [0.25, 0.3) is 0 Å². The highest BCUT2D eigenvalue weighted by Crippen LogP contribution is 2.17. The van der Waals surface area contributed by atoms with Crippen molar-refractivity contribution < 1.29 is 4.74 Å². The van der Waals surface area contributed by atoms with Gasteiger partial charge in [-0.15, -0.1) is 18.0 Å². The maximum Gasteiger partial charge on any atom is 0.129 e. The Kier molecular flexibility index (Phi) is 8.57. The lowest BCUT2D eigenvalue weighted by Gasteiger charge is -2.29. The van der Waals surface area contributed by atoms with E-state index in [0.29, 0.717) is 0 Å². The summed E-state index contributed by atoms with van der Waals surface area (Å²) >= 11 is 0. The van der Waals surface area contributed by atoms with Gasteiger partial charge in [-0.2, -0.15) is 0 Å². The molecule has 2 aromatic carbocycles. The monoisotopic (exact) mass is 391 g/mol. The summed E-state index contributed by atoms with van der Waals surface area (Å²) in [4.78, 5) is 2.49. The summed E-state index contributed by atoms with van der Waals surface area (Å²) in [6, 6.07) is 19.2. The van der Waals surface area contributed by atoms with Gasteiger partial charge in [-0.05, 0) is 29.7 Å². The fraction of sp³-hybridized carbons (Fsp3) is 0.360. The highest BCUT2D eigenvalue weighted by atomic mass is 28.3. The molecule has 0 bridgehead atoms. The molecule has 0 N–H and O–H groups in total. The Hall–Kier alpha value is -2.28. The number of methoxy groups -OCH3 is 1. The minimum Gasteiger partial charge on any atom is -0.497 e. The van der Waals surface area contributed by atoms with Crippen LogP contribution in [0.4, 0.5) is 0 Å². The number of hydrogen-bond donors (Lipinski definition) is 0. The third-order valence-corrected chi connectivity index (χ3v) is 5.49. The largest absolute Gasteiger partial charge is 0.497 e. The maximum atomic E-state index is 5.28. The van der Waals surface area contributed by atoms with Crippen molar-refractivity contribution >= 4 is 8.07 Å². The summed E-state index contributed by atoms with van der Waals surface area (Å²) in [6.07, 6.45) is 3.89. The van der Waals surface area contributed by atoms with Gasteiger partial charge in [0.05, 0.1) is 7.11 Å². The lowest BCUT2D eigenvalue weighted by Crippen LogP contribution is -2.35. The third-order valence-electron chi connectivity index (χ3n) is 4.56. The SMILES string of the molecule is C=C[C@@H](Cc1ccc(OC)cc1)N(CCC#C[Si](C)(C)C)Cc1ccccc1. The molecule has 0 fully saturated rings. The van der Waals surface area contributed by atoms with E-state index in [1.807, 2.05) is 12.1 Å². The van der Waals surface area contributed by atoms with Crippen molar-refractivity contribution in [2.24, 2.45) is 0 Å². The van der Waals surface area contributed by atoms with Crippen molar-refractivity contribution in [2.45, 2.75) is 45.1 Å². The van der Waals surface area contributed by atoms with Crippen molar-refractivity contribution in [3.05, 3.63) is 78.4 Å². The second kappa shape index (κ2) is 10.9. The quantitative estimate of drug-likeness (QED) is 0.315. The first-order valence-electron chi connectivity index (χ1n) is 9.95. The topological polar surface area (TPSA) is 12.5 Å². The van der Waals surface area contributed by atoms with Gasteiger partial charge in [-0.1, -0.05) is 68.2 Å². The molecule has 0 aliphatic heterocycles. The highest BCUT2D eigenvalue weighted by Gasteiger charge is 2.16. The Bertz CT molecular complexity index is 781. The number of ether oxygens (including phenoxy) is 1. The zero-order valence-corrected chi connectivity index (χ0v) is 18.7. The van der Waals surface area contributed by atoms with Crippen molar-refractivity contribution in [1.82, 2.24) is 4.90 Å². The first-order valence-corrected chi connectivity index (χ1v) is 13.4. The predicted molar refractivity (Wildman–Crippen MR) is 123 cm³/mol. The van der Waals surface area contributed by atoms with Crippen molar-refractivity contribution in [1.29, 1.82) is 0 Å². The minimum absolute atomic E-state index is 0.266. The van der Waals surface area contributed by atoms with Gasteiger partial charge in [-0.3, -0.25) is 4.90 Å². The molecule has 1 atom stereocenters. The fourth-order valence-electron chi connectivity index (χ4n) is 3.07. The van der Waals surface area contributed by atoms with Gasteiger partial charge in [-0.25, -0.2) is 0 Å². The standard InChI is InChI=1S/C25H33NOSi/c1-6-24(20-22-14-16-25(27-2)17-15-22)26(18-10-11-19-28(3,4)5)21-23-12-8-7-9-13-23/h6-9,12-17,24H,1,10,18,20-21H2,2-5H3/t24-/m0/s1. The lowest BCUT2D eigenvalue weighted by atomic mass is 10.0. The fourth-order valence-corrected chi connectivity index (χ4v) is 3.73. The molecule has 148 valence electrons. The molecular formula is C25H33NOSi. The van der Waals surface area contributed by atoms with Crippen molar-refractivity contribution in [3.8, 4) is 17.2 Å². The lowest BCUT2D eigenvalue weighted by molar-refractivity contribution is 0.224. The van der Waals surface area contributed by atoms with E-state index in [-0.39, 0.29) is 6.04 Å². The van der Waals surface area contributed by atoms with Gasteiger partial charge in [0.15, 0.2) is 0 Å². The Labute approximate surface area is 172 Å². The van der Waals surface area contributed by atoms with Crippen LogP contribution in [-0.2, 0) is 13.0 Å². The van der Waals surface area contributed by atoms with Crippen LogP contribution < -0.4 is 4.74 Å². The van der Waals surface area contributed by atoms with Crippen LogP contribution in [0.15, 0.2) is 67.3 Å². The molecule has 0 aliphatic carbocycles. The average Bonchev–Trinajstić information content (AvgIpc) is 2.69. The smallest absolute Gasteiger partial charge is 0.129 e. The van der Waals surface area contributed by atoms with Crippen molar-refractivity contribution in [3.63, 3.8) is 0 Å². The molecule has 0 aromatic heterocycles. The van der Waals surface area contributed by atoms with Crippen LogP contribution in [0.1, 0.15) is 17.5 Å². The average molecular weight is 392 g/mol. The van der Waals surface area contributed by atoms with E-state index in [9.17, 15) is 0 Å². The Morgan fingerprint density at radius 1 is 1.04 bits per heavy atom. The number of rotatable bonds is 9. The van der Waals surface area contributed by atoms with E-state index in [4.69, 9.17) is 4.74 Å². The van der Waals surface area contributed by atoms with Crippen molar-refractivity contribution in [2.75, 3.05) is 13.7 Å². The second-order valence-corrected chi connectivity index (χ2v) is 12.9. The molecule has 0 heterocycles. The van der Waals surface area contributed by atoms with E-state index in [0.717, 1.165) is 31.7 Å².